The van der Waals surface area contributed by atoms with Crippen LogP contribution in [0.4, 0.5) is 10.7 Å². The van der Waals surface area contributed by atoms with Crippen molar-refractivity contribution in [1.82, 2.24) is 0 Å². The van der Waals surface area contributed by atoms with Crippen molar-refractivity contribution in [2.45, 2.75) is 13.3 Å². The van der Waals surface area contributed by atoms with Crippen LogP contribution >= 0.6 is 11.3 Å². The van der Waals surface area contributed by atoms with Crippen LogP contribution in [0, 0.1) is 28.4 Å². The molecule has 0 spiro atoms. The lowest BCUT2D eigenvalue weighted by atomic mass is 10.1. The summed E-state index contributed by atoms with van der Waals surface area (Å²) in [5.41, 5.74) is 2.71. The van der Waals surface area contributed by atoms with E-state index in [2.05, 4.69) is 11.4 Å². The number of carbonyl (C=O) groups excluding carboxylic acids is 1. The van der Waals surface area contributed by atoms with E-state index in [-0.39, 0.29) is 12.5 Å². The molecule has 3 aromatic rings. The van der Waals surface area contributed by atoms with E-state index in [0.717, 1.165) is 16.0 Å². The molecule has 2 aromatic carbocycles. The number of benzene rings is 2. The largest absolute Gasteiger partial charge is 0.454 e. The molecule has 0 saturated carbocycles. The number of hydrogen-bond donors (Lipinski definition) is 1. The third-order valence-corrected chi connectivity index (χ3v) is 6.11. The summed E-state index contributed by atoms with van der Waals surface area (Å²) >= 11 is 1.35. The summed E-state index contributed by atoms with van der Waals surface area (Å²) in [5.74, 6) is 0.971. The van der Waals surface area contributed by atoms with Crippen molar-refractivity contribution in [2.24, 2.45) is 0 Å². The average Bonchev–Trinajstić information content (AvgIpc) is 3.36. The Morgan fingerprint density at radius 3 is 2.88 bits per heavy atom. The number of amides is 1. The number of hydrogen-bond acceptors (Lipinski definition) is 7. The molecule has 4 rings (SSSR count). The molecular weight excluding hydrogens is 430 g/mol. The van der Waals surface area contributed by atoms with E-state index in [1.807, 2.05) is 25.1 Å². The number of nitro benzene ring substituents is 1. The Hall–Kier alpha value is -4.16. The maximum atomic E-state index is 12.4. The number of non-ortho nitro benzene ring substituents is 1. The van der Waals surface area contributed by atoms with Crippen molar-refractivity contribution >= 4 is 34.0 Å². The molecule has 0 radical (unpaired) electrons. The van der Waals surface area contributed by atoms with Crippen LogP contribution in [0.25, 0.3) is 6.08 Å². The number of anilines is 1. The molecule has 1 aliphatic rings. The second-order valence-corrected chi connectivity index (χ2v) is 8.11. The van der Waals surface area contributed by atoms with E-state index in [1.165, 1.54) is 35.6 Å². The van der Waals surface area contributed by atoms with Crippen molar-refractivity contribution in [2.75, 3.05) is 12.1 Å². The summed E-state index contributed by atoms with van der Waals surface area (Å²) < 4.78 is 10.8. The first kappa shape index (κ1) is 21.1. The van der Waals surface area contributed by atoms with Gasteiger partial charge in [0, 0.05) is 29.5 Å². The van der Waals surface area contributed by atoms with Crippen LogP contribution in [0.1, 0.15) is 27.1 Å². The summed E-state index contributed by atoms with van der Waals surface area (Å²) in [4.78, 5) is 23.8. The van der Waals surface area contributed by atoms with E-state index < -0.39 is 10.8 Å². The number of fused-ring (bicyclic) bond motifs is 1. The molecule has 8 nitrogen and oxygen atoms in total. The minimum Gasteiger partial charge on any atom is -0.454 e. The first-order valence-corrected chi connectivity index (χ1v) is 10.4. The van der Waals surface area contributed by atoms with Crippen molar-refractivity contribution in [3.05, 3.63) is 85.8 Å². The first-order valence-electron chi connectivity index (χ1n) is 9.59. The fourth-order valence-corrected chi connectivity index (χ4v) is 4.45. The lowest BCUT2D eigenvalue weighted by Crippen LogP contribution is -2.07. The normalized spacial score (nSPS) is 12.0. The SMILES string of the molecule is Cc1c(Cc2ccc3c(c2)OCO3)sc(NC(=O)C=Cc2cccc([N+](=O)[O-])c2)c1C#N. The Balaban J connectivity index is 1.50. The quantitative estimate of drug-likeness (QED) is 0.330. The Labute approximate surface area is 187 Å². The molecule has 1 aromatic heterocycles. The molecule has 1 amide bonds. The van der Waals surface area contributed by atoms with Crippen molar-refractivity contribution in [1.29, 1.82) is 5.26 Å². The van der Waals surface area contributed by atoms with Crippen LogP contribution in [0.3, 0.4) is 0 Å². The number of ether oxygens (including phenoxy) is 2. The number of nitrogens with zero attached hydrogens (tertiary/aromatic N) is 2. The lowest BCUT2D eigenvalue weighted by molar-refractivity contribution is -0.384. The maximum absolute atomic E-state index is 12.4. The van der Waals surface area contributed by atoms with Crippen molar-refractivity contribution in [3.63, 3.8) is 0 Å². The van der Waals surface area contributed by atoms with Gasteiger partial charge in [0.25, 0.3) is 5.69 Å². The van der Waals surface area contributed by atoms with E-state index in [4.69, 9.17) is 9.47 Å². The molecule has 0 fully saturated rings. The van der Waals surface area contributed by atoms with Gasteiger partial charge in [-0.2, -0.15) is 5.26 Å². The van der Waals surface area contributed by atoms with Gasteiger partial charge in [0.15, 0.2) is 11.5 Å². The average molecular weight is 447 g/mol. The smallest absolute Gasteiger partial charge is 0.270 e. The van der Waals surface area contributed by atoms with Gasteiger partial charge >= 0.3 is 0 Å². The summed E-state index contributed by atoms with van der Waals surface area (Å²) in [6.45, 7) is 2.06. The van der Waals surface area contributed by atoms with Gasteiger partial charge in [0.2, 0.25) is 12.7 Å². The minimum atomic E-state index is -0.493. The van der Waals surface area contributed by atoms with Crippen LogP contribution in [-0.2, 0) is 11.2 Å². The standard InChI is InChI=1S/C23H17N3O5S/c1-14-18(12-24)23(25-22(27)8-6-15-3-2-4-17(9-15)26(28)29)32-21(14)11-16-5-7-19-20(10-16)31-13-30-19/h2-10H,11,13H2,1H3,(H,25,27). The minimum absolute atomic E-state index is 0.0543. The topological polar surface area (TPSA) is 114 Å². The number of nitrogens with one attached hydrogen (secondary N) is 1. The molecule has 0 atom stereocenters. The maximum Gasteiger partial charge on any atom is 0.270 e. The molecule has 160 valence electrons. The van der Waals surface area contributed by atoms with Crippen LogP contribution in [0.15, 0.2) is 48.5 Å². The summed E-state index contributed by atoms with van der Waals surface area (Å²) in [6.07, 6.45) is 3.36. The lowest BCUT2D eigenvalue weighted by Gasteiger charge is -2.02. The van der Waals surface area contributed by atoms with E-state index in [0.29, 0.717) is 34.0 Å². The first-order chi connectivity index (χ1) is 15.4. The highest BCUT2D eigenvalue weighted by molar-refractivity contribution is 7.16. The van der Waals surface area contributed by atoms with Crippen molar-refractivity contribution in [3.8, 4) is 17.6 Å². The molecule has 2 heterocycles. The van der Waals surface area contributed by atoms with Gasteiger partial charge in [-0.3, -0.25) is 14.9 Å². The van der Waals surface area contributed by atoms with E-state index >= 15 is 0 Å². The van der Waals surface area contributed by atoms with Crippen LogP contribution in [0.5, 0.6) is 11.5 Å². The van der Waals surface area contributed by atoms with E-state index in [1.54, 1.807) is 12.1 Å². The molecule has 0 aliphatic carbocycles. The predicted octanol–water partition coefficient (Wildman–Crippen LogP) is 4.81. The predicted molar refractivity (Wildman–Crippen MR) is 120 cm³/mol. The molecule has 0 bridgehead atoms. The number of nitro groups is 1. The van der Waals surface area contributed by atoms with Gasteiger partial charge in [-0.05, 0) is 41.8 Å². The van der Waals surface area contributed by atoms with Crippen LogP contribution in [-0.4, -0.2) is 17.6 Å². The zero-order chi connectivity index (χ0) is 22.7. The summed E-state index contributed by atoms with van der Waals surface area (Å²) in [7, 11) is 0. The highest BCUT2D eigenvalue weighted by Gasteiger charge is 2.18. The molecule has 32 heavy (non-hydrogen) atoms. The van der Waals surface area contributed by atoms with Gasteiger partial charge in [0.1, 0.15) is 11.1 Å². The van der Waals surface area contributed by atoms with Crippen LogP contribution < -0.4 is 14.8 Å². The third-order valence-electron chi connectivity index (χ3n) is 4.90. The molecular formula is C23H17N3O5S. The molecule has 0 saturated heterocycles. The van der Waals surface area contributed by atoms with Gasteiger partial charge < -0.3 is 14.8 Å². The number of carbonyl (C=O) groups is 1. The van der Waals surface area contributed by atoms with Gasteiger partial charge in [-0.15, -0.1) is 11.3 Å². The Kier molecular flexibility index (Phi) is 5.87. The number of nitriles is 1. The van der Waals surface area contributed by atoms with E-state index in [9.17, 15) is 20.2 Å². The van der Waals surface area contributed by atoms with Gasteiger partial charge in [-0.25, -0.2) is 0 Å². The van der Waals surface area contributed by atoms with Crippen LogP contribution in [0.2, 0.25) is 0 Å². The third kappa shape index (κ3) is 4.45. The number of thiophene rings is 1. The fraction of sp³-hybridized carbons (Fsp3) is 0.130. The highest BCUT2D eigenvalue weighted by Crippen LogP contribution is 2.37. The second kappa shape index (κ2) is 8.91. The molecule has 0 unspecified atom stereocenters. The highest BCUT2D eigenvalue weighted by atomic mass is 32.1. The Bertz CT molecular complexity index is 1290. The Morgan fingerprint density at radius 1 is 1.28 bits per heavy atom. The van der Waals surface area contributed by atoms with Gasteiger partial charge in [-0.1, -0.05) is 18.2 Å². The fourth-order valence-electron chi connectivity index (χ4n) is 3.26. The number of rotatable bonds is 6. The van der Waals surface area contributed by atoms with Crippen molar-refractivity contribution < 1.29 is 19.2 Å². The second-order valence-electron chi connectivity index (χ2n) is 7.01. The zero-order valence-electron chi connectivity index (χ0n) is 17.0. The van der Waals surface area contributed by atoms with Gasteiger partial charge in [0.05, 0.1) is 10.5 Å². The molecule has 1 N–H and O–H groups in total. The monoisotopic (exact) mass is 447 g/mol. The molecule has 1 aliphatic heterocycles. The summed E-state index contributed by atoms with van der Waals surface area (Å²) in [6, 6.07) is 13.8. The molecule has 9 heteroatoms. The Morgan fingerprint density at radius 2 is 2.09 bits per heavy atom. The zero-order valence-corrected chi connectivity index (χ0v) is 17.8. The summed E-state index contributed by atoms with van der Waals surface area (Å²) in [5, 5.41) is 23.7.